The molecule has 2 aliphatic heterocycles. The number of fused-ring (bicyclic) bond motifs is 1. The van der Waals surface area contributed by atoms with Crippen LogP contribution in [0.25, 0.3) is 0 Å². The van der Waals surface area contributed by atoms with Crippen LogP contribution in [0.4, 0.5) is 0 Å². The minimum atomic E-state index is 0.0706. The lowest BCUT2D eigenvalue weighted by Gasteiger charge is -2.36. The lowest BCUT2D eigenvalue weighted by molar-refractivity contribution is -0.129. The normalized spacial score (nSPS) is 22.7. The van der Waals surface area contributed by atoms with Gasteiger partial charge in [-0.1, -0.05) is 59.6 Å². The van der Waals surface area contributed by atoms with Crippen LogP contribution in [0.3, 0.4) is 0 Å². The number of rotatable bonds is 4. The maximum absolute atomic E-state index is 12.7. The summed E-state index contributed by atoms with van der Waals surface area (Å²) in [6, 6.07) is 15.9. The van der Waals surface area contributed by atoms with E-state index in [1.807, 2.05) is 53.4 Å². The van der Waals surface area contributed by atoms with Gasteiger partial charge in [0.1, 0.15) is 0 Å². The second-order valence-corrected chi connectivity index (χ2v) is 7.97. The Morgan fingerprint density at radius 1 is 1.04 bits per heavy atom. The van der Waals surface area contributed by atoms with E-state index in [9.17, 15) is 4.79 Å². The molecule has 1 amide bonds. The maximum Gasteiger partial charge on any atom is 0.227 e. The Labute approximate surface area is 169 Å². The molecular formula is C21H22Cl2N2O2. The van der Waals surface area contributed by atoms with Gasteiger partial charge in [0.2, 0.25) is 5.91 Å². The molecule has 4 nitrogen and oxygen atoms in total. The van der Waals surface area contributed by atoms with E-state index in [1.54, 1.807) is 0 Å². The van der Waals surface area contributed by atoms with Crippen LogP contribution in [0.5, 0.6) is 0 Å². The summed E-state index contributed by atoms with van der Waals surface area (Å²) in [5.74, 6) is 0.161. The second-order valence-electron chi connectivity index (χ2n) is 7.16. The van der Waals surface area contributed by atoms with Gasteiger partial charge in [-0.2, -0.15) is 0 Å². The van der Waals surface area contributed by atoms with Crippen molar-refractivity contribution in [2.75, 3.05) is 26.2 Å². The average Bonchev–Trinajstić information content (AvgIpc) is 3.11. The van der Waals surface area contributed by atoms with Gasteiger partial charge in [0.25, 0.3) is 0 Å². The molecule has 0 N–H and O–H groups in total. The SMILES string of the molecule is O=C(Cc1ccccc1)N1CC2OCCN(Cc3ccc(Cl)c(Cl)c3)C2C1. The van der Waals surface area contributed by atoms with Crippen molar-refractivity contribution in [3.8, 4) is 0 Å². The summed E-state index contributed by atoms with van der Waals surface area (Å²) in [5.41, 5.74) is 2.17. The lowest BCUT2D eigenvalue weighted by atomic mass is 10.1. The van der Waals surface area contributed by atoms with Crippen molar-refractivity contribution in [3.63, 3.8) is 0 Å². The highest BCUT2D eigenvalue weighted by atomic mass is 35.5. The highest BCUT2D eigenvalue weighted by molar-refractivity contribution is 6.42. The van der Waals surface area contributed by atoms with Crippen LogP contribution in [0.2, 0.25) is 10.0 Å². The van der Waals surface area contributed by atoms with Crippen LogP contribution in [0.15, 0.2) is 48.5 Å². The summed E-state index contributed by atoms with van der Waals surface area (Å²) in [7, 11) is 0. The minimum absolute atomic E-state index is 0.0706. The monoisotopic (exact) mass is 404 g/mol. The molecule has 0 aromatic heterocycles. The third-order valence-corrected chi connectivity index (χ3v) is 6.08. The van der Waals surface area contributed by atoms with Crippen molar-refractivity contribution in [2.45, 2.75) is 25.1 Å². The molecule has 2 aliphatic rings. The molecule has 0 radical (unpaired) electrons. The van der Waals surface area contributed by atoms with Crippen molar-refractivity contribution in [3.05, 3.63) is 69.7 Å². The Kier molecular flexibility index (Phi) is 5.69. The van der Waals surface area contributed by atoms with Gasteiger partial charge in [0.05, 0.1) is 35.2 Å². The molecule has 2 fully saturated rings. The average molecular weight is 405 g/mol. The number of likely N-dealkylation sites (tertiary alicyclic amines) is 1. The molecule has 0 aliphatic carbocycles. The van der Waals surface area contributed by atoms with Gasteiger partial charge >= 0.3 is 0 Å². The van der Waals surface area contributed by atoms with Crippen LogP contribution in [-0.2, 0) is 22.5 Å². The first-order valence-corrected chi connectivity index (χ1v) is 9.97. The standard InChI is InChI=1S/C21H22Cl2N2O2/c22-17-7-6-16(10-18(17)23)12-24-8-9-27-20-14-25(13-19(20)24)21(26)11-15-4-2-1-3-5-15/h1-7,10,19-20H,8-9,11-14H2. The Morgan fingerprint density at radius 2 is 1.85 bits per heavy atom. The van der Waals surface area contributed by atoms with Crippen LogP contribution in [0.1, 0.15) is 11.1 Å². The number of carbonyl (C=O) groups is 1. The Morgan fingerprint density at radius 3 is 2.63 bits per heavy atom. The van der Waals surface area contributed by atoms with Gasteiger partial charge in [-0.3, -0.25) is 9.69 Å². The fraction of sp³-hybridized carbons (Fsp3) is 0.381. The topological polar surface area (TPSA) is 32.8 Å². The molecule has 2 saturated heterocycles. The van der Waals surface area contributed by atoms with Gasteiger partial charge in [-0.05, 0) is 23.3 Å². The molecule has 0 spiro atoms. The number of hydrogen-bond donors (Lipinski definition) is 0. The van der Waals surface area contributed by atoms with Crippen LogP contribution >= 0.6 is 23.2 Å². The summed E-state index contributed by atoms with van der Waals surface area (Å²) >= 11 is 12.2. The molecule has 6 heteroatoms. The zero-order valence-corrected chi connectivity index (χ0v) is 16.5. The van der Waals surface area contributed by atoms with E-state index in [-0.39, 0.29) is 18.1 Å². The van der Waals surface area contributed by atoms with Gasteiger partial charge in [-0.25, -0.2) is 0 Å². The zero-order valence-electron chi connectivity index (χ0n) is 15.0. The first-order chi connectivity index (χ1) is 13.1. The van der Waals surface area contributed by atoms with E-state index >= 15 is 0 Å². The quantitative estimate of drug-likeness (QED) is 0.779. The van der Waals surface area contributed by atoms with E-state index in [4.69, 9.17) is 27.9 Å². The predicted molar refractivity (Wildman–Crippen MR) is 107 cm³/mol. The number of hydrogen-bond acceptors (Lipinski definition) is 3. The first kappa shape index (κ1) is 18.8. The zero-order chi connectivity index (χ0) is 18.8. The van der Waals surface area contributed by atoms with E-state index in [0.717, 1.165) is 24.2 Å². The number of carbonyl (C=O) groups excluding carboxylic acids is 1. The molecule has 142 valence electrons. The molecule has 2 aromatic carbocycles. The van der Waals surface area contributed by atoms with Crippen LogP contribution < -0.4 is 0 Å². The number of halogens is 2. The number of amides is 1. The third kappa shape index (κ3) is 4.30. The molecule has 2 atom stereocenters. The number of ether oxygens (including phenoxy) is 1. The van der Waals surface area contributed by atoms with Crippen molar-refractivity contribution in [2.24, 2.45) is 0 Å². The van der Waals surface area contributed by atoms with Crippen LogP contribution in [-0.4, -0.2) is 54.1 Å². The van der Waals surface area contributed by atoms with Crippen LogP contribution in [0, 0.1) is 0 Å². The molecule has 2 unspecified atom stereocenters. The van der Waals surface area contributed by atoms with Crippen molar-refractivity contribution < 1.29 is 9.53 Å². The number of nitrogens with zero attached hydrogens (tertiary/aromatic N) is 2. The summed E-state index contributed by atoms with van der Waals surface area (Å²) in [4.78, 5) is 17.1. The van der Waals surface area contributed by atoms with E-state index in [0.29, 0.717) is 36.2 Å². The molecule has 0 bridgehead atoms. The second kappa shape index (κ2) is 8.19. The summed E-state index contributed by atoms with van der Waals surface area (Å²) in [5, 5.41) is 1.14. The largest absolute Gasteiger partial charge is 0.373 e. The summed E-state index contributed by atoms with van der Waals surface area (Å²) in [6.07, 6.45) is 0.508. The van der Waals surface area contributed by atoms with E-state index < -0.39 is 0 Å². The van der Waals surface area contributed by atoms with E-state index in [2.05, 4.69) is 4.90 Å². The number of benzene rings is 2. The fourth-order valence-electron chi connectivity index (χ4n) is 3.91. The minimum Gasteiger partial charge on any atom is -0.373 e. The van der Waals surface area contributed by atoms with Crippen molar-refractivity contribution in [1.82, 2.24) is 9.80 Å². The fourth-order valence-corrected chi connectivity index (χ4v) is 4.23. The van der Waals surface area contributed by atoms with Crippen molar-refractivity contribution in [1.29, 1.82) is 0 Å². The first-order valence-electron chi connectivity index (χ1n) is 9.21. The van der Waals surface area contributed by atoms with Gasteiger partial charge in [-0.15, -0.1) is 0 Å². The Balaban J connectivity index is 1.42. The molecule has 27 heavy (non-hydrogen) atoms. The molecule has 2 heterocycles. The van der Waals surface area contributed by atoms with Gasteiger partial charge in [0, 0.05) is 26.2 Å². The number of morpholine rings is 1. The lowest BCUT2D eigenvalue weighted by Crippen LogP contribution is -2.50. The summed E-state index contributed by atoms with van der Waals surface area (Å²) < 4.78 is 5.96. The van der Waals surface area contributed by atoms with Gasteiger partial charge < -0.3 is 9.64 Å². The predicted octanol–water partition coefficient (Wildman–Crippen LogP) is 3.65. The highest BCUT2D eigenvalue weighted by Crippen LogP contribution is 2.27. The maximum atomic E-state index is 12.7. The Hall–Kier alpha value is -1.59. The third-order valence-electron chi connectivity index (χ3n) is 5.34. The molecule has 4 rings (SSSR count). The van der Waals surface area contributed by atoms with E-state index in [1.165, 1.54) is 0 Å². The highest BCUT2D eigenvalue weighted by Gasteiger charge is 2.41. The van der Waals surface area contributed by atoms with Crippen molar-refractivity contribution >= 4 is 29.1 Å². The molecule has 0 saturated carbocycles. The smallest absolute Gasteiger partial charge is 0.227 e. The molecule has 2 aromatic rings. The Bertz CT molecular complexity index is 815. The van der Waals surface area contributed by atoms with Gasteiger partial charge in [0.15, 0.2) is 0 Å². The molecular weight excluding hydrogens is 383 g/mol. The summed E-state index contributed by atoms with van der Waals surface area (Å²) in [6.45, 7) is 3.68.